The molecule has 114 valence electrons. The summed E-state index contributed by atoms with van der Waals surface area (Å²) >= 11 is 0. The van der Waals surface area contributed by atoms with Crippen molar-refractivity contribution in [3.8, 4) is 18.1 Å². The van der Waals surface area contributed by atoms with Gasteiger partial charge in [0.1, 0.15) is 5.75 Å². The number of amides is 1. The van der Waals surface area contributed by atoms with Crippen LogP contribution in [-0.2, 0) is 6.42 Å². The fourth-order valence-electron chi connectivity index (χ4n) is 2.15. The van der Waals surface area contributed by atoms with Crippen molar-refractivity contribution in [1.29, 1.82) is 0 Å². The Morgan fingerprint density at radius 1 is 1.43 bits per heavy atom. The summed E-state index contributed by atoms with van der Waals surface area (Å²) in [5, 5.41) is 5.87. The lowest BCUT2D eigenvalue weighted by Crippen LogP contribution is -2.26. The number of hydrogen-bond donors (Lipinski definition) is 2. The zero-order valence-electron chi connectivity index (χ0n) is 13.0. The smallest absolute Gasteiger partial charge is 0.410 e. The molecule has 0 bridgehead atoms. The van der Waals surface area contributed by atoms with Gasteiger partial charge in [-0.25, -0.2) is 4.79 Å². The molecule has 4 nitrogen and oxygen atoms in total. The summed E-state index contributed by atoms with van der Waals surface area (Å²) < 4.78 is 5.27. The summed E-state index contributed by atoms with van der Waals surface area (Å²) in [6, 6.07) is 5.87. The van der Waals surface area contributed by atoms with Crippen molar-refractivity contribution < 1.29 is 9.53 Å². The predicted octanol–water partition coefficient (Wildman–Crippen LogP) is 3.03. The molecule has 0 fully saturated rings. The molecule has 1 atom stereocenters. The van der Waals surface area contributed by atoms with Gasteiger partial charge in [0.2, 0.25) is 0 Å². The predicted molar refractivity (Wildman–Crippen MR) is 85.4 cm³/mol. The minimum Gasteiger partial charge on any atom is -0.410 e. The first kappa shape index (κ1) is 17.1. The highest BCUT2D eigenvalue weighted by atomic mass is 16.5. The number of ether oxygens (including phenoxy) is 1. The van der Waals surface area contributed by atoms with Gasteiger partial charge in [0, 0.05) is 12.6 Å². The normalized spacial score (nSPS) is 11.5. The third-order valence-electron chi connectivity index (χ3n) is 3.15. The average Bonchev–Trinajstić information content (AvgIpc) is 2.46. The minimum absolute atomic E-state index is 0.111. The summed E-state index contributed by atoms with van der Waals surface area (Å²) in [6.45, 7) is 7.10. The van der Waals surface area contributed by atoms with E-state index in [0.29, 0.717) is 18.8 Å². The van der Waals surface area contributed by atoms with Crippen molar-refractivity contribution in [3.05, 3.63) is 29.3 Å². The molecular formula is C17H24N2O2. The van der Waals surface area contributed by atoms with Crippen molar-refractivity contribution >= 4 is 6.09 Å². The number of hydrogen-bond acceptors (Lipinski definition) is 3. The number of benzene rings is 1. The molecule has 0 aliphatic rings. The average molecular weight is 288 g/mol. The summed E-state index contributed by atoms with van der Waals surface area (Å²) in [6.07, 6.45) is 6.90. The lowest BCUT2D eigenvalue weighted by atomic mass is 9.97. The second-order valence-electron chi connectivity index (χ2n) is 4.84. The van der Waals surface area contributed by atoms with E-state index in [1.54, 1.807) is 0 Å². The zero-order valence-corrected chi connectivity index (χ0v) is 13.0. The van der Waals surface area contributed by atoms with E-state index in [0.717, 1.165) is 18.4 Å². The van der Waals surface area contributed by atoms with Crippen LogP contribution in [0.1, 0.15) is 44.4 Å². The molecule has 0 spiro atoms. The molecule has 0 aromatic heterocycles. The first-order chi connectivity index (χ1) is 10.1. The second-order valence-corrected chi connectivity index (χ2v) is 4.84. The molecule has 0 saturated carbocycles. The molecule has 0 radical (unpaired) electrons. The molecular weight excluding hydrogens is 264 g/mol. The fourth-order valence-corrected chi connectivity index (χ4v) is 2.15. The Hall–Kier alpha value is -1.99. The van der Waals surface area contributed by atoms with Crippen molar-refractivity contribution in [2.75, 3.05) is 13.1 Å². The first-order valence-corrected chi connectivity index (χ1v) is 7.37. The van der Waals surface area contributed by atoms with Crippen LogP contribution in [-0.4, -0.2) is 19.2 Å². The van der Waals surface area contributed by atoms with Gasteiger partial charge >= 0.3 is 6.09 Å². The number of aryl methyl sites for hydroxylation is 1. The van der Waals surface area contributed by atoms with E-state index >= 15 is 0 Å². The quantitative estimate of drug-likeness (QED) is 0.758. The van der Waals surface area contributed by atoms with Crippen LogP contribution in [0.4, 0.5) is 4.79 Å². The van der Waals surface area contributed by atoms with E-state index in [1.807, 2.05) is 25.1 Å². The highest BCUT2D eigenvalue weighted by Crippen LogP contribution is 2.25. The molecule has 0 heterocycles. The van der Waals surface area contributed by atoms with E-state index < -0.39 is 6.09 Å². The van der Waals surface area contributed by atoms with E-state index in [-0.39, 0.29) is 6.04 Å². The van der Waals surface area contributed by atoms with Crippen LogP contribution in [0.15, 0.2) is 18.2 Å². The molecule has 1 rings (SSSR count). The number of terminal acetylenes is 1. The SMILES string of the molecule is C#CCNC(C)c1cc(OC(=O)NCC)ccc1CCC. The number of carbonyl (C=O) groups excluding carboxylic acids is 1. The van der Waals surface area contributed by atoms with Crippen LogP contribution in [0.5, 0.6) is 5.75 Å². The van der Waals surface area contributed by atoms with Crippen LogP contribution in [0.2, 0.25) is 0 Å². The van der Waals surface area contributed by atoms with Gasteiger partial charge in [-0.05, 0) is 43.5 Å². The topological polar surface area (TPSA) is 50.4 Å². The Morgan fingerprint density at radius 3 is 2.81 bits per heavy atom. The molecule has 1 aromatic carbocycles. The molecule has 1 amide bonds. The number of nitrogens with one attached hydrogen (secondary N) is 2. The van der Waals surface area contributed by atoms with E-state index in [1.165, 1.54) is 5.56 Å². The summed E-state index contributed by atoms with van der Waals surface area (Å²) in [5.41, 5.74) is 2.37. The Balaban J connectivity index is 2.94. The molecule has 2 N–H and O–H groups in total. The maximum atomic E-state index is 11.5. The van der Waals surface area contributed by atoms with Crippen LogP contribution in [0, 0.1) is 12.3 Å². The largest absolute Gasteiger partial charge is 0.412 e. The summed E-state index contributed by atoms with van der Waals surface area (Å²) in [7, 11) is 0. The standard InChI is InChI=1S/C17H24N2O2/c1-5-8-14-9-10-15(21-17(20)18-7-3)12-16(14)13(4)19-11-6-2/h2,9-10,12-13,19H,5,7-8,11H2,1,3-4H3,(H,18,20). The molecule has 4 heteroatoms. The zero-order chi connectivity index (χ0) is 15.7. The van der Waals surface area contributed by atoms with Crippen LogP contribution >= 0.6 is 0 Å². The van der Waals surface area contributed by atoms with Gasteiger partial charge in [-0.1, -0.05) is 25.3 Å². The van der Waals surface area contributed by atoms with Crippen LogP contribution in [0.3, 0.4) is 0 Å². The Kier molecular flexibility index (Phi) is 7.34. The number of rotatable bonds is 7. The third-order valence-corrected chi connectivity index (χ3v) is 3.15. The van der Waals surface area contributed by atoms with Crippen molar-refractivity contribution in [1.82, 2.24) is 10.6 Å². The Morgan fingerprint density at radius 2 is 2.19 bits per heavy atom. The van der Waals surface area contributed by atoms with Gasteiger partial charge < -0.3 is 10.1 Å². The lowest BCUT2D eigenvalue weighted by molar-refractivity contribution is 0.201. The monoisotopic (exact) mass is 288 g/mol. The second kappa shape index (κ2) is 9.04. The Labute approximate surface area is 127 Å². The third kappa shape index (κ3) is 5.49. The van der Waals surface area contributed by atoms with Gasteiger partial charge in [0.15, 0.2) is 0 Å². The molecule has 0 aliphatic heterocycles. The summed E-state index contributed by atoms with van der Waals surface area (Å²) in [4.78, 5) is 11.5. The fraction of sp³-hybridized carbons (Fsp3) is 0.471. The Bertz CT molecular complexity index is 506. The van der Waals surface area contributed by atoms with E-state index in [4.69, 9.17) is 11.2 Å². The molecule has 21 heavy (non-hydrogen) atoms. The van der Waals surface area contributed by atoms with Gasteiger partial charge in [-0.15, -0.1) is 6.42 Å². The molecule has 1 aromatic rings. The van der Waals surface area contributed by atoms with Crippen LogP contribution < -0.4 is 15.4 Å². The van der Waals surface area contributed by atoms with Gasteiger partial charge in [-0.3, -0.25) is 5.32 Å². The van der Waals surface area contributed by atoms with E-state index in [9.17, 15) is 4.79 Å². The van der Waals surface area contributed by atoms with Gasteiger partial charge in [0.25, 0.3) is 0 Å². The van der Waals surface area contributed by atoms with Crippen molar-refractivity contribution in [2.45, 2.75) is 39.7 Å². The van der Waals surface area contributed by atoms with Crippen LogP contribution in [0.25, 0.3) is 0 Å². The van der Waals surface area contributed by atoms with E-state index in [2.05, 4.69) is 30.4 Å². The van der Waals surface area contributed by atoms with Gasteiger partial charge in [-0.2, -0.15) is 0 Å². The molecule has 1 unspecified atom stereocenters. The lowest BCUT2D eigenvalue weighted by Gasteiger charge is -2.18. The summed E-state index contributed by atoms with van der Waals surface area (Å²) in [5.74, 6) is 3.12. The maximum absolute atomic E-state index is 11.5. The van der Waals surface area contributed by atoms with Gasteiger partial charge in [0.05, 0.1) is 6.54 Å². The maximum Gasteiger partial charge on any atom is 0.412 e. The first-order valence-electron chi connectivity index (χ1n) is 7.37. The molecule has 0 aliphatic carbocycles. The highest BCUT2D eigenvalue weighted by Gasteiger charge is 2.12. The highest BCUT2D eigenvalue weighted by molar-refractivity contribution is 5.70. The van der Waals surface area contributed by atoms with Crippen molar-refractivity contribution in [3.63, 3.8) is 0 Å². The minimum atomic E-state index is -0.434. The number of carbonyl (C=O) groups is 1. The molecule has 0 saturated heterocycles. The van der Waals surface area contributed by atoms with Crippen molar-refractivity contribution in [2.24, 2.45) is 0 Å².